The molecule has 2 saturated heterocycles. The second kappa shape index (κ2) is 8.58. The monoisotopic (exact) mass is 394 g/mol. The minimum atomic E-state index is -3.49. The Hall–Kier alpha value is -1.64. The Bertz CT molecular complexity index is 737. The quantitative estimate of drug-likeness (QED) is 0.793. The van der Waals surface area contributed by atoms with E-state index in [2.05, 4.69) is 22.3 Å². The molecule has 8 heteroatoms. The van der Waals surface area contributed by atoms with Crippen molar-refractivity contribution in [3.8, 4) is 0 Å². The Kier molecular flexibility index (Phi) is 6.39. The van der Waals surface area contributed by atoms with Crippen LogP contribution in [0.15, 0.2) is 24.3 Å². The van der Waals surface area contributed by atoms with E-state index in [1.54, 1.807) is 0 Å². The van der Waals surface area contributed by atoms with E-state index in [0.29, 0.717) is 25.9 Å². The maximum atomic E-state index is 12.6. The normalized spacial score (nSPS) is 21.0. The number of nitrogens with one attached hydrogen (secondary N) is 1. The van der Waals surface area contributed by atoms with Gasteiger partial charge in [0.1, 0.15) is 0 Å². The highest BCUT2D eigenvalue weighted by Gasteiger charge is 2.31. The topological polar surface area (TPSA) is 95.7 Å². The number of carbonyl (C=O) groups excluding carboxylic acids is 1. The van der Waals surface area contributed by atoms with Crippen LogP contribution >= 0.6 is 0 Å². The number of hydrogen-bond donors (Lipinski definition) is 2. The first kappa shape index (κ1) is 20.1. The molecule has 2 fully saturated rings. The molecule has 150 valence electrons. The van der Waals surface area contributed by atoms with Crippen molar-refractivity contribution in [2.24, 2.45) is 5.14 Å². The minimum absolute atomic E-state index is 0.0743. The molecule has 7 nitrogen and oxygen atoms in total. The van der Waals surface area contributed by atoms with E-state index in [4.69, 9.17) is 5.14 Å². The lowest BCUT2D eigenvalue weighted by Gasteiger charge is -2.34. The van der Waals surface area contributed by atoms with Gasteiger partial charge in [-0.2, -0.15) is 0 Å². The van der Waals surface area contributed by atoms with Crippen molar-refractivity contribution in [3.63, 3.8) is 0 Å². The van der Waals surface area contributed by atoms with Crippen molar-refractivity contribution in [3.05, 3.63) is 24.3 Å². The zero-order valence-electron chi connectivity index (χ0n) is 15.9. The third kappa shape index (κ3) is 5.21. The van der Waals surface area contributed by atoms with E-state index in [-0.39, 0.29) is 11.9 Å². The summed E-state index contributed by atoms with van der Waals surface area (Å²) in [6.07, 6.45) is 4.72. The summed E-state index contributed by atoms with van der Waals surface area (Å²) in [5.41, 5.74) is 1.98. The van der Waals surface area contributed by atoms with Crippen LogP contribution in [0.4, 0.5) is 11.4 Å². The molecule has 2 aliphatic rings. The molecule has 1 amide bonds. The largest absolute Gasteiger partial charge is 0.372 e. The van der Waals surface area contributed by atoms with Gasteiger partial charge in [-0.15, -0.1) is 0 Å². The highest BCUT2D eigenvalue weighted by Crippen LogP contribution is 2.23. The number of primary sulfonamides is 1. The number of sulfonamides is 1. The minimum Gasteiger partial charge on any atom is -0.372 e. The number of benzene rings is 1. The number of nitrogens with two attached hydrogens (primary N) is 1. The first-order valence-electron chi connectivity index (χ1n) is 9.76. The fourth-order valence-corrected chi connectivity index (χ4v) is 4.78. The van der Waals surface area contributed by atoms with Crippen LogP contribution in [-0.4, -0.2) is 56.7 Å². The van der Waals surface area contributed by atoms with E-state index >= 15 is 0 Å². The third-order valence-corrected chi connectivity index (χ3v) is 7.13. The van der Waals surface area contributed by atoms with Crippen molar-refractivity contribution in [1.29, 1.82) is 0 Å². The molecule has 1 aromatic rings. The molecule has 3 N–H and O–H groups in total. The van der Waals surface area contributed by atoms with Gasteiger partial charge in [-0.3, -0.25) is 9.69 Å². The average molecular weight is 395 g/mol. The molecular formula is C19H30N4O3S. The van der Waals surface area contributed by atoms with Gasteiger partial charge in [0.05, 0.1) is 11.3 Å². The van der Waals surface area contributed by atoms with E-state index in [1.165, 1.54) is 24.9 Å². The molecule has 0 unspecified atom stereocenters. The number of likely N-dealkylation sites (tertiary alicyclic amines) is 1. The van der Waals surface area contributed by atoms with Crippen LogP contribution in [0.1, 0.15) is 39.0 Å². The summed E-state index contributed by atoms with van der Waals surface area (Å²) in [7, 11) is -3.49. The summed E-state index contributed by atoms with van der Waals surface area (Å²) in [5, 5.41) is 7.71. The van der Waals surface area contributed by atoms with Crippen LogP contribution in [-0.2, 0) is 14.8 Å². The Balaban J connectivity index is 1.52. The van der Waals surface area contributed by atoms with E-state index < -0.39 is 15.3 Å². The lowest BCUT2D eigenvalue weighted by molar-refractivity contribution is -0.121. The van der Waals surface area contributed by atoms with E-state index in [0.717, 1.165) is 18.8 Å². The average Bonchev–Trinajstić information content (AvgIpc) is 2.68. The van der Waals surface area contributed by atoms with Crippen molar-refractivity contribution >= 4 is 27.3 Å². The van der Waals surface area contributed by atoms with E-state index in [9.17, 15) is 13.2 Å². The second-order valence-corrected chi connectivity index (χ2v) is 9.43. The molecule has 2 aliphatic heterocycles. The van der Waals surface area contributed by atoms with Gasteiger partial charge in [-0.05, 0) is 63.3 Å². The number of hydrogen-bond acceptors (Lipinski definition) is 5. The Morgan fingerprint density at radius 3 is 2.22 bits per heavy atom. The van der Waals surface area contributed by atoms with Crippen molar-refractivity contribution in [1.82, 2.24) is 4.90 Å². The van der Waals surface area contributed by atoms with Gasteiger partial charge in [0.2, 0.25) is 15.9 Å². The summed E-state index contributed by atoms with van der Waals surface area (Å²) >= 11 is 0. The lowest BCUT2D eigenvalue weighted by Crippen LogP contribution is -2.49. The SMILES string of the molecule is C[C@H](C(=O)Nc1ccc(N2CCCCC2)cc1)N1CCC(S(N)(=O)=O)CC1. The molecule has 0 aromatic heterocycles. The summed E-state index contributed by atoms with van der Waals surface area (Å²) in [6.45, 7) is 5.16. The molecule has 3 rings (SSSR count). The van der Waals surface area contributed by atoms with Crippen LogP contribution in [0.5, 0.6) is 0 Å². The van der Waals surface area contributed by atoms with Crippen molar-refractivity contribution in [2.45, 2.75) is 50.3 Å². The number of carbonyl (C=O) groups is 1. The summed E-state index contributed by atoms with van der Waals surface area (Å²) in [6, 6.07) is 7.70. The van der Waals surface area contributed by atoms with Gasteiger partial charge < -0.3 is 10.2 Å². The molecule has 27 heavy (non-hydrogen) atoms. The van der Waals surface area contributed by atoms with Crippen LogP contribution in [0.25, 0.3) is 0 Å². The molecule has 2 heterocycles. The summed E-state index contributed by atoms with van der Waals surface area (Å²) in [5.74, 6) is -0.0743. The van der Waals surface area contributed by atoms with Gasteiger partial charge in [-0.1, -0.05) is 0 Å². The number of piperidine rings is 2. The zero-order chi connectivity index (χ0) is 19.4. The molecule has 0 bridgehead atoms. The Labute approximate surface area is 161 Å². The third-order valence-electron chi connectivity index (χ3n) is 5.72. The van der Waals surface area contributed by atoms with Crippen molar-refractivity contribution < 1.29 is 13.2 Å². The number of amides is 1. The maximum Gasteiger partial charge on any atom is 0.241 e. The van der Waals surface area contributed by atoms with Crippen LogP contribution in [0.2, 0.25) is 0 Å². The number of rotatable bonds is 5. The van der Waals surface area contributed by atoms with Gasteiger partial charge in [0.25, 0.3) is 0 Å². The van der Waals surface area contributed by atoms with E-state index in [1.807, 2.05) is 24.0 Å². The number of anilines is 2. The predicted octanol–water partition coefficient (Wildman–Crippen LogP) is 1.76. The molecule has 0 aliphatic carbocycles. The smallest absolute Gasteiger partial charge is 0.241 e. The predicted molar refractivity (Wildman–Crippen MR) is 108 cm³/mol. The molecule has 1 aromatic carbocycles. The fraction of sp³-hybridized carbons (Fsp3) is 0.632. The standard InChI is InChI=1S/C19H30N4O3S/c1-15(22-13-9-18(10-14-22)27(20,25)26)19(24)21-16-5-7-17(8-6-16)23-11-3-2-4-12-23/h5-8,15,18H,2-4,9-14H2,1H3,(H,21,24)(H2,20,25,26)/t15-/m1/s1. The first-order valence-corrected chi connectivity index (χ1v) is 11.4. The second-order valence-electron chi connectivity index (χ2n) is 7.58. The maximum absolute atomic E-state index is 12.6. The summed E-state index contributed by atoms with van der Waals surface area (Å²) in [4.78, 5) is 17.0. The molecule has 1 atom stereocenters. The lowest BCUT2D eigenvalue weighted by atomic mass is 10.1. The van der Waals surface area contributed by atoms with Crippen LogP contribution < -0.4 is 15.4 Å². The van der Waals surface area contributed by atoms with Crippen LogP contribution in [0.3, 0.4) is 0 Å². The molecule has 0 spiro atoms. The zero-order valence-corrected chi connectivity index (χ0v) is 16.7. The fourth-order valence-electron chi connectivity index (χ4n) is 3.91. The molecular weight excluding hydrogens is 364 g/mol. The van der Waals surface area contributed by atoms with Gasteiger partial charge in [-0.25, -0.2) is 13.6 Å². The van der Waals surface area contributed by atoms with Crippen molar-refractivity contribution in [2.75, 3.05) is 36.4 Å². The van der Waals surface area contributed by atoms with Crippen LogP contribution in [0, 0.1) is 0 Å². The molecule has 0 radical (unpaired) electrons. The van der Waals surface area contributed by atoms with Gasteiger partial charge in [0, 0.05) is 37.6 Å². The Morgan fingerprint density at radius 2 is 1.67 bits per heavy atom. The van der Waals surface area contributed by atoms with Gasteiger partial charge in [0.15, 0.2) is 0 Å². The first-order chi connectivity index (χ1) is 12.8. The number of nitrogens with zero attached hydrogens (tertiary/aromatic N) is 2. The Morgan fingerprint density at radius 1 is 1.07 bits per heavy atom. The summed E-state index contributed by atoms with van der Waals surface area (Å²) < 4.78 is 22.9. The highest BCUT2D eigenvalue weighted by atomic mass is 32.2. The highest BCUT2D eigenvalue weighted by molar-refractivity contribution is 7.89. The van der Waals surface area contributed by atoms with Gasteiger partial charge >= 0.3 is 0 Å². The molecule has 0 saturated carbocycles.